The minimum absolute atomic E-state index is 0.0108. The number of anilines is 1. The summed E-state index contributed by atoms with van der Waals surface area (Å²) in [7, 11) is 0. The summed E-state index contributed by atoms with van der Waals surface area (Å²) in [6.45, 7) is 3.59. The SMILES string of the molecule is Nc1nnnn1CC(=O)N1CCC2(CCNCC2CO)CC1. The zero-order valence-corrected chi connectivity index (χ0v) is 12.6. The number of rotatable bonds is 3. The number of nitrogens with zero attached hydrogens (tertiary/aromatic N) is 5. The van der Waals surface area contributed by atoms with Gasteiger partial charge >= 0.3 is 0 Å². The van der Waals surface area contributed by atoms with E-state index in [2.05, 4.69) is 20.8 Å². The molecule has 1 amide bonds. The van der Waals surface area contributed by atoms with Crippen molar-refractivity contribution in [3.63, 3.8) is 0 Å². The first-order chi connectivity index (χ1) is 10.6. The van der Waals surface area contributed by atoms with Crippen molar-refractivity contribution < 1.29 is 9.90 Å². The van der Waals surface area contributed by atoms with Crippen LogP contribution in [0.4, 0.5) is 5.95 Å². The molecule has 2 aliphatic heterocycles. The molecule has 2 saturated heterocycles. The van der Waals surface area contributed by atoms with Crippen molar-refractivity contribution in [1.29, 1.82) is 0 Å². The number of carbonyl (C=O) groups excluding carboxylic acids is 1. The van der Waals surface area contributed by atoms with E-state index in [9.17, 15) is 9.90 Å². The molecule has 0 saturated carbocycles. The second-order valence-corrected chi connectivity index (χ2v) is 6.27. The van der Waals surface area contributed by atoms with Gasteiger partial charge in [0.05, 0.1) is 0 Å². The van der Waals surface area contributed by atoms with Crippen LogP contribution in [0.15, 0.2) is 0 Å². The topological polar surface area (TPSA) is 122 Å². The molecule has 1 atom stereocenters. The molecule has 9 heteroatoms. The molecule has 122 valence electrons. The number of likely N-dealkylation sites (tertiary alicyclic amines) is 1. The van der Waals surface area contributed by atoms with E-state index in [0.29, 0.717) is 0 Å². The van der Waals surface area contributed by atoms with E-state index in [4.69, 9.17) is 5.73 Å². The maximum Gasteiger partial charge on any atom is 0.244 e. The Hall–Kier alpha value is -1.74. The van der Waals surface area contributed by atoms with Crippen molar-refractivity contribution in [3.8, 4) is 0 Å². The summed E-state index contributed by atoms with van der Waals surface area (Å²) in [6, 6.07) is 0. The zero-order valence-electron chi connectivity index (χ0n) is 12.6. The predicted octanol–water partition coefficient (Wildman–Crippen LogP) is -1.53. The number of nitrogen functional groups attached to an aromatic ring is 1. The minimum atomic E-state index is -0.0108. The first-order valence-electron chi connectivity index (χ1n) is 7.76. The average molecular weight is 309 g/mol. The Kier molecular flexibility index (Phi) is 4.25. The van der Waals surface area contributed by atoms with Gasteiger partial charge in [0, 0.05) is 32.2 Å². The average Bonchev–Trinajstić information content (AvgIpc) is 2.93. The standard InChI is InChI=1S/C13H23N7O2/c14-12-16-17-18-20(12)8-11(22)19-5-2-13(3-6-19)1-4-15-7-10(13)9-21/h10,15,21H,1-9H2,(H2,14,16,18). The normalized spacial score (nSPS) is 24.6. The van der Waals surface area contributed by atoms with E-state index in [1.54, 1.807) is 0 Å². The van der Waals surface area contributed by atoms with Crippen molar-refractivity contribution in [1.82, 2.24) is 30.4 Å². The number of aliphatic hydroxyl groups excluding tert-OH is 1. The maximum absolute atomic E-state index is 12.3. The molecule has 1 spiro atoms. The van der Waals surface area contributed by atoms with Crippen LogP contribution in [0.5, 0.6) is 0 Å². The van der Waals surface area contributed by atoms with Crippen LogP contribution in [0.3, 0.4) is 0 Å². The summed E-state index contributed by atoms with van der Waals surface area (Å²) in [4.78, 5) is 14.2. The largest absolute Gasteiger partial charge is 0.396 e. The lowest BCUT2D eigenvalue weighted by molar-refractivity contribution is -0.135. The van der Waals surface area contributed by atoms with Gasteiger partial charge in [0.25, 0.3) is 0 Å². The third kappa shape index (κ3) is 2.78. The number of amides is 1. The molecule has 0 aliphatic carbocycles. The van der Waals surface area contributed by atoms with Crippen LogP contribution < -0.4 is 11.1 Å². The molecule has 2 aliphatic rings. The Morgan fingerprint density at radius 2 is 2.18 bits per heavy atom. The van der Waals surface area contributed by atoms with Crippen LogP contribution in [0.25, 0.3) is 0 Å². The first kappa shape index (κ1) is 15.2. The molecule has 22 heavy (non-hydrogen) atoms. The van der Waals surface area contributed by atoms with Gasteiger partial charge in [-0.3, -0.25) is 4.79 Å². The number of hydrogen-bond acceptors (Lipinski definition) is 7. The van der Waals surface area contributed by atoms with Gasteiger partial charge in [0.15, 0.2) is 0 Å². The Morgan fingerprint density at radius 3 is 2.82 bits per heavy atom. The van der Waals surface area contributed by atoms with Crippen molar-refractivity contribution in [2.45, 2.75) is 25.8 Å². The van der Waals surface area contributed by atoms with Gasteiger partial charge in [0.2, 0.25) is 11.9 Å². The highest BCUT2D eigenvalue weighted by atomic mass is 16.3. The monoisotopic (exact) mass is 309 g/mol. The number of hydrogen-bond donors (Lipinski definition) is 3. The summed E-state index contributed by atoms with van der Waals surface area (Å²) in [5, 5.41) is 23.7. The summed E-state index contributed by atoms with van der Waals surface area (Å²) in [6.07, 6.45) is 2.95. The fraction of sp³-hybridized carbons (Fsp3) is 0.846. The lowest BCUT2D eigenvalue weighted by atomic mass is 9.65. The number of nitrogens with one attached hydrogen (secondary N) is 1. The fourth-order valence-electron chi connectivity index (χ4n) is 3.70. The number of piperidine rings is 2. The molecule has 0 aromatic carbocycles. The van der Waals surface area contributed by atoms with Gasteiger partial charge in [0.1, 0.15) is 6.54 Å². The Labute approximate surface area is 128 Å². The van der Waals surface area contributed by atoms with Gasteiger partial charge in [-0.25, -0.2) is 4.68 Å². The molecule has 1 unspecified atom stereocenters. The number of aliphatic hydroxyl groups is 1. The summed E-state index contributed by atoms with van der Waals surface area (Å²) >= 11 is 0. The van der Waals surface area contributed by atoms with Gasteiger partial charge in [-0.05, 0) is 41.6 Å². The molecule has 9 nitrogen and oxygen atoms in total. The molecule has 3 heterocycles. The van der Waals surface area contributed by atoms with Crippen LogP contribution in [0.2, 0.25) is 0 Å². The third-order valence-electron chi connectivity index (χ3n) is 5.23. The summed E-state index contributed by atoms with van der Waals surface area (Å²) in [5.74, 6) is 0.428. The molecule has 1 aromatic heterocycles. The fourth-order valence-corrected chi connectivity index (χ4v) is 3.70. The van der Waals surface area contributed by atoms with Crippen LogP contribution in [-0.4, -0.2) is 68.9 Å². The lowest BCUT2D eigenvalue weighted by Gasteiger charge is -2.49. The smallest absolute Gasteiger partial charge is 0.244 e. The molecule has 4 N–H and O–H groups in total. The predicted molar refractivity (Wildman–Crippen MR) is 78.5 cm³/mol. The van der Waals surface area contributed by atoms with E-state index < -0.39 is 0 Å². The highest BCUT2D eigenvalue weighted by molar-refractivity contribution is 5.76. The van der Waals surface area contributed by atoms with Gasteiger partial charge in [-0.1, -0.05) is 5.10 Å². The van der Waals surface area contributed by atoms with E-state index in [1.165, 1.54) is 4.68 Å². The Balaban J connectivity index is 1.59. The summed E-state index contributed by atoms with van der Waals surface area (Å²) in [5.41, 5.74) is 5.76. The van der Waals surface area contributed by atoms with Crippen LogP contribution in [0.1, 0.15) is 19.3 Å². The molecule has 0 bridgehead atoms. The number of nitrogens with two attached hydrogens (primary N) is 1. The Bertz CT molecular complexity index is 524. The van der Waals surface area contributed by atoms with E-state index in [0.717, 1.165) is 45.4 Å². The minimum Gasteiger partial charge on any atom is -0.396 e. The molecule has 2 fully saturated rings. The number of tetrazole rings is 1. The van der Waals surface area contributed by atoms with Crippen LogP contribution in [0, 0.1) is 11.3 Å². The number of aromatic nitrogens is 4. The Morgan fingerprint density at radius 1 is 1.41 bits per heavy atom. The molecular formula is C13H23N7O2. The highest BCUT2D eigenvalue weighted by Crippen LogP contribution is 2.43. The van der Waals surface area contributed by atoms with Gasteiger partial charge in [-0.15, -0.1) is 0 Å². The third-order valence-corrected chi connectivity index (χ3v) is 5.23. The second kappa shape index (κ2) is 6.17. The second-order valence-electron chi connectivity index (χ2n) is 6.27. The van der Waals surface area contributed by atoms with Gasteiger partial charge < -0.3 is 21.1 Å². The number of carbonyl (C=O) groups is 1. The maximum atomic E-state index is 12.3. The quantitative estimate of drug-likeness (QED) is 0.619. The van der Waals surface area contributed by atoms with E-state index >= 15 is 0 Å². The molecular weight excluding hydrogens is 286 g/mol. The molecule has 3 rings (SSSR count). The molecule has 1 aromatic rings. The first-order valence-corrected chi connectivity index (χ1v) is 7.76. The molecule has 0 radical (unpaired) electrons. The van der Waals surface area contributed by atoms with Crippen molar-refractivity contribution >= 4 is 11.9 Å². The zero-order chi connectivity index (χ0) is 15.6. The summed E-state index contributed by atoms with van der Waals surface area (Å²) < 4.78 is 1.31. The lowest BCUT2D eigenvalue weighted by Crippen LogP contribution is -2.53. The van der Waals surface area contributed by atoms with Crippen molar-refractivity contribution in [2.75, 3.05) is 38.5 Å². The van der Waals surface area contributed by atoms with Crippen LogP contribution in [-0.2, 0) is 11.3 Å². The van der Waals surface area contributed by atoms with E-state index in [-0.39, 0.29) is 36.3 Å². The van der Waals surface area contributed by atoms with Crippen molar-refractivity contribution in [3.05, 3.63) is 0 Å². The van der Waals surface area contributed by atoms with Gasteiger partial charge in [-0.2, -0.15) is 0 Å². The van der Waals surface area contributed by atoms with E-state index in [1.807, 2.05) is 4.90 Å². The highest BCUT2D eigenvalue weighted by Gasteiger charge is 2.43. The van der Waals surface area contributed by atoms with Crippen molar-refractivity contribution in [2.24, 2.45) is 11.3 Å². The van der Waals surface area contributed by atoms with Crippen LogP contribution >= 0.6 is 0 Å².